The van der Waals surface area contributed by atoms with Crippen LogP contribution in [0.1, 0.15) is 53.9 Å². The van der Waals surface area contributed by atoms with E-state index in [1.54, 1.807) is 0 Å². The Morgan fingerprint density at radius 1 is 1.08 bits per heavy atom. The third-order valence-electron chi connectivity index (χ3n) is 4.09. The van der Waals surface area contributed by atoms with Crippen molar-refractivity contribution in [2.75, 3.05) is 0 Å². The number of rotatable bonds is 4. The topological polar surface area (TPSA) is 0 Å². The van der Waals surface area contributed by atoms with Crippen LogP contribution in [0.2, 0.25) is 0 Å². The van der Waals surface area contributed by atoms with Gasteiger partial charge in [-0.05, 0) is 42.4 Å². The molecule has 1 aliphatic carbocycles. The van der Waals surface area contributed by atoms with Gasteiger partial charge in [0.1, 0.15) is 0 Å². The third kappa shape index (κ3) is 2.24. The molecule has 0 spiro atoms. The molecule has 0 aromatic rings. The Morgan fingerprint density at radius 2 is 1.58 bits per heavy atom. The minimum atomic E-state index is 0.725. The quantitative estimate of drug-likeness (QED) is 0.592. The molecular weight excluding hydrogens is 144 g/mol. The highest BCUT2D eigenvalue weighted by Gasteiger charge is 2.42. The SMILES string of the molecule is CC(C)C(C)CC(C)C1(C)CC1. The van der Waals surface area contributed by atoms with Crippen LogP contribution in [0.4, 0.5) is 0 Å². The maximum absolute atomic E-state index is 2.45. The minimum Gasteiger partial charge on any atom is -0.0625 e. The fourth-order valence-electron chi connectivity index (χ4n) is 1.80. The van der Waals surface area contributed by atoms with E-state index in [9.17, 15) is 0 Å². The summed E-state index contributed by atoms with van der Waals surface area (Å²) in [6.07, 6.45) is 4.37. The first-order valence-electron chi connectivity index (χ1n) is 5.46. The Kier molecular flexibility index (Phi) is 2.85. The Labute approximate surface area is 77.7 Å². The summed E-state index contributed by atoms with van der Waals surface area (Å²) in [6, 6.07) is 0. The van der Waals surface area contributed by atoms with E-state index in [-0.39, 0.29) is 0 Å². The van der Waals surface area contributed by atoms with Gasteiger partial charge >= 0.3 is 0 Å². The van der Waals surface area contributed by atoms with Gasteiger partial charge in [-0.2, -0.15) is 0 Å². The molecule has 0 heteroatoms. The highest BCUT2D eigenvalue weighted by Crippen LogP contribution is 2.53. The van der Waals surface area contributed by atoms with E-state index in [4.69, 9.17) is 0 Å². The Balaban J connectivity index is 2.30. The Hall–Kier alpha value is 0. The zero-order valence-electron chi connectivity index (χ0n) is 9.35. The van der Waals surface area contributed by atoms with E-state index < -0.39 is 0 Å². The van der Waals surface area contributed by atoms with E-state index in [1.165, 1.54) is 19.3 Å². The highest BCUT2D eigenvalue weighted by atomic mass is 14.5. The highest BCUT2D eigenvalue weighted by molar-refractivity contribution is 4.93. The van der Waals surface area contributed by atoms with E-state index in [2.05, 4.69) is 34.6 Å². The van der Waals surface area contributed by atoms with Gasteiger partial charge in [0.15, 0.2) is 0 Å². The molecule has 0 aromatic carbocycles. The molecule has 2 unspecified atom stereocenters. The lowest BCUT2D eigenvalue weighted by Gasteiger charge is -2.24. The summed E-state index contributed by atoms with van der Waals surface area (Å²) in [5.41, 5.74) is 0.725. The van der Waals surface area contributed by atoms with Crippen molar-refractivity contribution in [2.24, 2.45) is 23.2 Å². The van der Waals surface area contributed by atoms with Crippen LogP contribution in [-0.4, -0.2) is 0 Å². The van der Waals surface area contributed by atoms with Crippen molar-refractivity contribution in [3.63, 3.8) is 0 Å². The first-order chi connectivity index (χ1) is 5.46. The summed E-state index contributed by atoms with van der Waals surface area (Å²) < 4.78 is 0. The second-order valence-electron chi connectivity index (χ2n) is 5.51. The van der Waals surface area contributed by atoms with Gasteiger partial charge in [-0.15, -0.1) is 0 Å². The van der Waals surface area contributed by atoms with Crippen LogP contribution in [0.15, 0.2) is 0 Å². The smallest absolute Gasteiger partial charge is 0.0300 e. The molecule has 12 heavy (non-hydrogen) atoms. The molecule has 0 bridgehead atoms. The largest absolute Gasteiger partial charge is 0.0625 e. The zero-order chi connectivity index (χ0) is 9.35. The average molecular weight is 168 g/mol. The number of hydrogen-bond acceptors (Lipinski definition) is 0. The van der Waals surface area contributed by atoms with Crippen LogP contribution >= 0.6 is 0 Å². The molecule has 0 heterocycles. The van der Waals surface area contributed by atoms with Crippen molar-refractivity contribution in [2.45, 2.75) is 53.9 Å². The molecular formula is C12H24. The van der Waals surface area contributed by atoms with Gasteiger partial charge in [-0.1, -0.05) is 34.6 Å². The van der Waals surface area contributed by atoms with Gasteiger partial charge in [0, 0.05) is 0 Å². The Morgan fingerprint density at radius 3 is 1.92 bits per heavy atom. The predicted octanol–water partition coefficient (Wildman–Crippen LogP) is 4.10. The van der Waals surface area contributed by atoms with Gasteiger partial charge < -0.3 is 0 Å². The van der Waals surface area contributed by atoms with Crippen LogP contribution in [0.25, 0.3) is 0 Å². The molecule has 1 rings (SSSR count). The summed E-state index contributed by atoms with van der Waals surface area (Å²) in [5, 5.41) is 0. The molecule has 0 amide bonds. The summed E-state index contributed by atoms with van der Waals surface area (Å²) in [7, 11) is 0. The van der Waals surface area contributed by atoms with Crippen molar-refractivity contribution in [3.8, 4) is 0 Å². The lowest BCUT2D eigenvalue weighted by atomic mass is 9.81. The van der Waals surface area contributed by atoms with Gasteiger partial charge in [0.25, 0.3) is 0 Å². The van der Waals surface area contributed by atoms with E-state index >= 15 is 0 Å². The zero-order valence-corrected chi connectivity index (χ0v) is 9.35. The molecule has 1 saturated carbocycles. The molecule has 0 N–H and O–H groups in total. The summed E-state index contributed by atoms with van der Waals surface area (Å²) in [5.74, 6) is 2.70. The molecule has 1 fully saturated rings. The first kappa shape index (κ1) is 10.1. The maximum atomic E-state index is 2.45. The van der Waals surface area contributed by atoms with Gasteiger partial charge in [-0.25, -0.2) is 0 Å². The van der Waals surface area contributed by atoms with Crippen LogP contribution in [-0.2, 0) is 0 Å². The third-order valence-corrected chi connectivity index (χ3v) is 4.09. The van der Waals surface area contributed by atoms with Crippen molar-refractivity contribution < 1.29 is 0 Å². The van der Waals surface area contributed by atoms with Crippen molar-refractivity contribution in [1.29, 1.82) is 0 Å². The molecule has 72 valence electrons. The molecule has 0 radical (unpaired) electrons. The van der Waals surface area contributed by atoms with Gasteiger partial charge in [0.05, 0.1) is 0 Å². The fraction of sp³-hybridized carbons (Fsp3) is 1.00. The monoisotopic (exact) mass is 168 g/mol. The van der Waals surface area contributed by atoms with E-state index in [0.29, 0.717) is 0 Å². The normalized spacial score (nSPS) is 25.5. The molecule has 0 nitrogen and oxygen atoms in total. The van der Waals surface area contributed by atoms with Gasteiger partial charge in [-0.3, -0.25) is 0 Å². The standard InChI is InChI=1S/C12H24/c1-9(2)10(3)8-11(4)12(5)6-7-12/h9-11H,6-8H2,1-5H3. The molecule has 1 aliphatic rings. The second kappa shape index (κ2) is 3.40. The second-order valence-corrected chi connectivity index (χ2v) is 5.51. The number of hydrogen-bond donors (Lipinski definition) is 0. The molecule has 0 aromatic heterocycles. The van der Waals surface area contributed by atoms with Crippen molar-refractivity contribution >= 4 is 0 Å². The average Bonchev–Trinajstić information content (AvgIpc) is 2.69. The lowest BCUT2D eigenvalue weighted by molar-refractivity contribution is 0.258. The van der Waals surface area contributed by atoms with Crippen LogP contribution in [0.5, 0.6) is 0 Å². The van der Waals surface area contributed by atoms with E-state index in [1.807, 2.05) is 0 Å². The summed E-state index contributed by atoms with van der Waals surface area (Å²) in [4.78, 5) is 0. The van der Waals surface area contributed by atoms with Crippen LogP contribution < -0.4 is 0 Å². The fourth-order valence-corrected chi connectivity index (χ4v) is 1.80. The molecule has 2 atom stereocenters. The van der Waals surface area contributed by atoms with E-state index in [0.717, 1.165) is 23.2 Å². The minimum absolute atomic E-state index is 0.725. The van der Waals surface area contributed by atoms with Crippen LogP contribution in [0.3, 0.4) is 0 Å². The van der Waals surface area contributed by atoms with Gasteiger partial charge in [0.2, 0.25) is 0 Å². The Bertz CT molecular complexity index is 142. The van der Waals surface area contributed by atoms with Crippen molar-refractivity contribution in [3.05, 3.63) is 0 Å². The maximum Gasteiger partial charge on any atom is -0.0300 e. The van der Waals surface area contributed by atoms with Crippen molar-refractivity contribution in [1.82, 2.24) is 0 Å². The predicted molar refractivity (Wildman–Crippen MR) is 55.1 cm³/mol. The first-order valence-corrected chi connectivity index (χ1v) is 5.46. The molecule has 0 saturated heterocycles. The summed E-state index contributed by atoms with van der Waals surface area (Å²) in [6.45, 7) is 12.0. The van der Waals surface area contributed by atoms with Crippen LogP contribution in [0, 0.1) is 23.2 Å². The molecule has 0 aliphatic heterocycles. The summed E-state index contributed by atoms with van der Waals surface area (Å²) >= 11 is 0. The lowest BCUT2D eigenvalue weighted by Crippen LogP contribution is -2.15.